The molecule has 0 saturated heterocycles. The highest BCUT2D eigenvalue weighted by molar-refractivity contribution is 5.84. The molecule has 0 radical (unpaired) electrons. The van der Waals surface area contributed by atoms with E-state index in [2.05, 4.69) is 85.6 Å². The Morgan fingerprint density at radius 1 is 1.00 bits per heavy atom. The van der Waals surface area contributed by atoms with Crippen LogP contribution < -0.4 is 4.57 Å². The molecule has 0 unspecified atom stereocenters. The van der Waals surface area contributed by atoms with Crippen molar-refractivity contribution in [2.75, 3.05) is 0 Å². The second-order valence-electron chi connectivity index (χ2n) is 7.44. The first kappa shape index (κ1) is 15.3. The number of benzene rings is 2. The predicted octanol–water partition coefficient (Wildman–Crippen LogP) is 4.35. The molecule has 1 aliphatic rings. The van der Waals surface area contributed by atoms with Gasteiger partial charge in [-0.1, -0.05) is 18.2 Å². The average molecular weight is 340 g/mol. The van der Waals surface area contributed by atoms with Crippen LogP contribution >= 0.6 is 0 Å². The van der Waals surface area contributed by atoms with Crippen LogP contribution in [0.2, 0.25) is 0 Å². The van der Waals surface area contributed by atoms with E-state index in [9.17, 15) is 0 Å². The lowest BCUT2D eigenvalue weighted by atomic mass is 9.92. The monoisotopic (exact) mass is 340 g/mol. The van der Waals surface area contributed by atoms with Crippen molar-refractivity contribution in [2.45, 2.75) is 27.2 Å². The number of fused-ring (bicyclic) bond motifs is 5. The maximum Gasteiger partial charge on any atom is 0.213 e. The Balaban J connectivity index is 1.86. The minimum atomic E-state index is 0.885. The third-order valence-corrected chi connectivity index (χ3v) is 5.54. The number of hydrogen-bond donors (Lipinski definition) is 0. The summed E-state index contributed by atoms with van der Waals surface area (Å²) in [6.07, 6.45) is 3.04. The summed E-state index contributed by atoms with van der Waals surface area (Å²) in [6.45, 7) is 6.60. The molecule has 1 aliphatic heterocycles. The van der Waals surface area contributed by atoms with Gasteiger partial charge in [-0.2, -0.15) is 0 Å². The second kappa shape index (κ2) is 5.28. The van der Waals surface area contributed by atoms with Gasteiger partial charge >= 0.3 is 0 Å². The highest BCUT2D eigenvalue weighted by Crippen LogP contribution is 2.40. The first-order chi connectivity index (χ1) is 12.5. The quantitative estimate of drug-likeness (QED) is 0.416. The van der Waals surface area contributed by atoms with E-state index in [0.717, 1.165) is 17.8 Å². The Hall–Kier alpha value is -2.94. The molecule has 128 valence electrons. The van der Waals surface area contributed by atoms with Crippen molar-refractivity contribution in [1.29, 1.82) is 0 Å². The zero-order valence-electron chi connectivity index (χ0n) is 15.7. The lowest BCUT2D eigenvalue weighted by Crippen LogP contribution is -2.31. The molecule has 5 rings (SSSR count). The van der Waals surface area contributed by atoms with Crippen LogP contribution in [0.5, 0.6) is 0 Å². The number of aromatic nitrogens is 3. The molecule has 26 heavy (non-hydrogen) atoms. The van der Waals surface area contributed by atoms with Crippen molar-refractivity contribution >= 4 is 11.0 Å². The van der Waals surface area contributed by atoms with E-state index < -0.39 is 0 Å². The molecular formula is C23H22N3+. The Bertz CT molecular complexity index is 1200. The summed E-state index contributed by atoms with van der Waals surface area (Å²) in [6, 6.07) is 15.2. The highest BCUT2D eigenvalue weighted by atomic mass is 15.1. The zero-order valence-corrected chi connectivity index (χ0v) is 15.7. The summed E-state index contributed by atoms with van der Waals surface area (Å²) in [7, 11) is 2.13. The van der Waals surface area contributed by atoms with Crippen LogP contribution in [0.4, 0.5) is 0 Å². The smallest absolute Gasteiger partial charge is 0.213 e. The van der Waals surface area contributed by atoms with Crippen LogP contribution in [-0.4, -0.2) is 9.55 Å². The van der Waals surface area contributed by atoms with E-state index >= 15 is 0 Å². The average Bonchev–Trinajstić information content (AvgIpc) is 3.13. The van der Waals surface area contributed by atoms with Gasteiger partial charge in [0, 0.05) is 18.6 Å². The number of nitrogens with zero attached hydrogens (tertiary/aromatic N) is 3. The largest absolute Gasteiger partial charge is 0.295 e. The first-order valence-corrected chi connectivity index (χ1v) is 9.11. The minimum absolute atomic E-state index is 0.885. The Labute approximate surface area is 153 Å². The molecule has 0 bridgehead atoms. The SMILES string of the molecule is Cc1cc[n+](C)c(-c2c(C)cc(C)c3c2Cc2nc4ccccc4n2-3)c1. The first-order valence-electron chi connectivity index (χ1n) is 9.11. The van der Waals surface area contributed by atoms with Gasteiger partial charge in [0.25, 0.3) is 0 Å². The summed E-state index contributed by atoms with van der Waals surface area (Å²) in [4.78, 5) is 4.91. The van der Waals surface area contributed by atoms with Gasteiger partial charge in [-0.3, -0.25) is 4.57 Å². The van der Waals surface area contributed by atoms with Crippen LogP contribution in [0, 0.1) is 20.8 Å². The Kier molecular flexibility index (Phi) is 3.11. The van der Waals surface area contributed by atoms with Crippen molar-refractivity contribution in [2.24, 2.45) is 7.05 Å². The molecule has 4 aromatic rings. The molecule has 2 aromatic heterocycles. The van der Waals surface area contributed by atoms with Gasteiger partial charge in [0.2, 0.25) is 5.69 Å². The Morgan fingerprint density at radius 3 is 2.65 bits per heavy atom. The van der Waals surface area contributed by atoms with Crippen molar-refractivity contribution in [3.05, 3.63) is 76.7 Å². The van der Waals surface area contributed by atoms with Crippen LogP contribution in [-0.2, 0) is 13.5 Å². The number of para-hydroxylation sites is 2. The normalized spacial score (nSPS) is 12.5. The van der Waals surface area contributed by atoms with E-state index in [4.69, 9.17) is 4.98 Å². The minimum Gasteiger partial charge on any atom is -0.295 e. The van der Waals surface area contributed by atoms with Gasteiger partial charge in [0.15, 0.2) is 6.20 Å². The maximum atomic E-state index is 4.91. The molecule has 0 spiro atoms. The standard InChI is InChI=1S/C23H22N3/c1-14-9-10-25(4)20(11-14)22-15(2)12-16(3)23-17(22)13-21-24-18-7-5-6-8-19(18)26(21)23/h5-12H,13H2,1-4H3/q+1. The van der Waals surface area contributed by atoms with Gasteiger partial charge in [-0.25, -0.2) is 9.55 Å². The molecule has 0 fully saturated rings. The van der Waals surface area contributed by atoms with E-state index in [1.807, 2.05) is 0 Å². The van der Waals surface area contributed by atoms with Crippen molar-refractivity contribution in [3.63, 3.8) is 0 Å². The summed E-state index contributed by atoms with van der Waals surface area (Å²) in [5.41, 5.74) is 11.6. The summed E-state index contributed by atoms with van der Waals surface area (Å²) in [5, 5.41) is 0. The number of rotatable bonds is 1. The fourth-order valence-electron chi connectivity index (χ4n) is 4.43. The molecule has 3 nitrogen and oxygen atoms in total. The van der Waals surface area contributed by atoms with Crippen LogP contribution in [0.3, 0.4) is 0 Å². The molecule has 0 aliphatic carbocycles. The van der Waals surface area contributed by atoms with Gasteiger partial charge in [-0.15, -0.1) is 0 Å². The van der Waals surface area contributed by atoms with Crippen LogP contribution in [0.1, 0.15) is 28.1 Å². The molecule has 0 amide bonds. The zero-order chi connectivity index (χ0) is 18.0. The number of hydrogen-bond acceptors (Lipinski definition) is 1. The highest BCUT2D eigenvalue weighted by Gasteiger charge is 2.30. The molecule has 2 aromatic carbocycles. The molecule has 0 atom stereocenters. The molecule has 3 heterocycles. The fraction of sp³-hybridized carbons (Fsp3) is 0.217. The topological polar surface area (TPSA) is 21.7 Å². The molecular weight excluding hydrogens is 318 g/mol. The van der Waals surface area contributed by atoms with E-state index in [1.165, 1.54) is 44.7 Å². The van der Waals surface area contributed by atoms with E-state index in [0.29, 0.717) is 0 Å². The van der Waals surface area contributed by atoms with Gasteiger partial charge in [0.05, 0.1) is 22.3 Å². The van der Waals surface area contributed by atoms with E-state index in [1.54, 1.807) is 0 Å². The van der Waals surface area contributed by atoms with Crippen LogP contribution in [0.15, 0.2) is 48.7 Å². The Morgan fingerprint density at radius 2 is 1.81 bits per heavy atom. The summed E-state index contributed by atoms with van der Waals surface area (Å²) < 4.78 is 4.59. The lowest BCUT2D eigenvalue weighted by Gasteiger charge is -2.15. The van der Waals surface area contributed by atoms with Crippen molar-refractivity contribution < 1.29 is 4.57 Å². The fourth-order valence-corrected chi connectivity index (χ4v) is 4.43. The number of pyridine rings is 1. The van der Waals surface area contributed by atoms with Gasteiger partial charge in [0.1, 0.15) is 12.9 Å². The maximum absolute atomic E-state index is 4.91. The lowest BCUT2D eigenvalue weighted by molar-refractivity contribution is -0.660. The summed E-state index contributed by atoms with van der Waals surface area (Å²) in [5.74, 6) is 1.14. The molecule has 3 heteroatoms. The molecule has 0 N–H and O–H groups in total. The third kappa shape index (κ3) is 2.00. The van der Waals surface area contributed by atoms with Gasteiger partial charge < -0.3 is 0 Å². The number of aryl methyl sites for hydroxylation is 4. The third-order valence-electron chi connectivity index (χ3n) is 5.54. The van der Waals surface area contributed by atoms with Crippen molar-refractivity contribution in [3.8, 4) is 16.9 Å². The van der Waals surface area contributed by atoms with Crippen LogP contribution in [0.25, 0.3) is 28.0 Å². The second-order valence-corrected chi connectivity index (χ2v) is 7.44. The van der Waals surface area contributed by atoms with Crippen molar-refractivity contribution in [1.82, 2.24) is 9.55 Å². The number of imidazole rings is 1. The van der Waals surface area contributed by atoms with E-state index in [-0.39, 0.29) is 0 Å². The predicted molar refractivity (Wildman–Crippen MR) is 105 cm³/mol. The van der Waals surface area contributed by atoms with Gasteiger partial charge in [-0.05, 0) is 55.2 Å². The molecule has 0 saturated carbocycles. The summed E-state index contributed by atoms with van der Waals surface area (Å²) >= 11 is 0.